The Balaban J connectivity index is 0.821. The van der Waals surface area contributed by atoms with E-state index in [0.29, 0.717) is 57.7 Å². The van der Waals surface area contributed by atoms with Crippen molar-refractivity contribution < 1.29 is 38.4 Å². The number of likely N-dealkylation sites (N-methyl/N-ethyl adjacent to an activating group) is 1. The quantitative estimate of drug-likeness (QED) is 0.0470. The molecule has 0 unspecified atom stereocenters. The Morgan fingerprint density at radius 1 is 0.976 bits per heavy atom. The summed E-state index contributed by atoms with van der Waals surface area (Å²) in [7, 11) is 3.73. The van der Waals surface area contributed by atoms with E-state index < -0.39 is 30.1 Å². The van der Waals surface area contributed by atoms with Gasteiger partial charge in [-0.25, -0.2) is 9.07 Å². The van der Waals surface area contributed by atoms with Crippen LogP contribution in [-0.2, 0) is 27.5 Å². The molecule has 13 rings (SSSR count). The molecular formula is C61H70FN13O7. The third-order valence-corrected chi connectivity index (χ3v) is 17.2. The van der Waals surface area contributed by atoms with Crippen molar-refractivity contribution in [2.75, 3.05) is 45.4 Å². The maximum absolute atomic E-state index is 16.1. The number of anilines is 1. The number of rotatable bonds is 21. The number of nitrogens with zero attached hydrogens (tertiary/aromatic N) is 10. The number of aryl methyl sites for hydroxylation is 1. The van der Waals surface area contributed by atoms with Crippen molar-refractivity contribution in [1.82, 2.24) is 60.5 Å². The first-order chi connectivity index (χ1) is 39.7. The molecule has 4 aromatic carbocycles. The molecular weight excluding hydrogens is 1050 g/mol. The number of ether oxygens (including phenoxy) is 3. The van der Waals surface area contributed by atoms with Crippen LogP contribution >= 0.6 is 0 Å². The van der Waals surface area contributed by atoms with Gasteiger partial charge in [-0.2, -0.15) is 20.2 Å². The molecule has 20 nitrogen and oxygen atoms in total. The van der Waals surface area contributed by atoms with E-state index in [2.05, 4.69) is 54.3 Å². The zero-order valence-corrected chi connectivity index (χ0v) is 47.2. The molecule has 5 N–H and O–H groups in total. The first kappa shape index (κ1) is 54.7. The molecule has 0 spiro atoms. The zero-order valence-electron chi connectivity index (χ0n) is 47.2. The lowest BCUT2D eigenvalue weighted by molar-refractivity contribution is -0.142. The molecule has 7 heterocycles. The summed E-state index contributed by atoms with van der Waals surface area (Å²) in [5.74, 6) is 0.406. The van der Waals surface area contributed by atoms with Crippen LogP contribution in [-0.4, -0.2) is 143 Å². The molecule has 2 saturated carbocycles. The van der Waals surface area contributed by atoms with Crippen LogP contribution in [0.1, 0.15) is 93.6 Å². The number of fused-ring (bicyclic) bond motifs is 3. The highest BCUT2D eigenvalue weighted by molar-refractivity contribution is 6.06. The molecule has 82 heavy (non-hydrogen) atoms. The molecule has 5 aliphatic rings. The van der Waals surface area contributed by atoms with Crippen LogP contribution in [0.15, 0.2) is 85.3 Å². The number of amides is 2. The summed E-state index contributed by atoms with van der Waals surface area (Å²) >= 11 is 0. The van der Waals surface area contributed by atoms with Crippen molar-refractivity contribution in [3.63, 3.8) is 0 Å². The second-order valence-electron chi connectivity index (χ2n) is 22.9. The average molecular weight is 1120 g/mol. The van der Waals surface area contributed by atoms with Crippen LogP contribution in [0.2, 0.25) is 0 Å². The highest BCUT2D eigenvalue weighted by atomic mass is 19.1. The van der Waals surface area contributed by atoms with Gasteiger partial charge in [-0.1, -0.05) is 67.6 Å². The zero-order chi connectivity index (χ0) is 57.1. The standard InChI is InChI=1S/C61H70FN13O7/c1-8-74-50(19-20-65-74)39-17-15-38(16-18-39)49(29-76)66-59(78)51-22-41(77)27-73(51)60(79)55(32(2)3)75-28-48(70-71-75)37-11-9-35(10-12-37)31-81-57-53(52-34(5)45(62)24-46-44(52)26-64-69-46)42(36-13-14-36)23-43-54(57)67-61(82-30-33(4)80-7)68-58(43)72(6)56-40-21-47(56)63-25-40/h9-12,15-20,23-24,26,28,32-33,36,40-41,47,49,51,55-56,63,76-77H,8,13-14,21-22,25,27,29-31H2,1-7H3,(H,64,69)(H,66,78)/t33-,40-,41+,47-,49-,51-,55-,56-/m0/s1. The number of likely N-dealkylation sites (tertiary alicyclic amines) is 1. The number of H-pyrrole nitrogens is 1. The van der Waals surface area contributed by atoms with Crippen LogP contribution in [0, 0.1) is 24.6 Å². The van der Waals surface area contributed by atoms with E-state index in [9.17, 15) is 19.8 Å². The van der Waals surface area contributed by atoms with Crippen molar-refractivity contribution >= 4 is 39.4 Å². The Morgan fingerprint density at radius 3 is 2.45 bits per heavy atom. The minimum absolute atomic E-state index is 0.0379. The lowest BCUT2D eigenvalue weighted by atomic mass is 9.79. The summed E-state index contributed by atoms with van der Waals surface area (Å²) in [4.78, 5) is 42.6. The van der Waals surface area contributed by atoms with Crippen molar-refractivity contribution in [2.45, 2.75) is 122 Å². The summed E-state index contributed by atoms with van der Waals surface area (Å²) < 4.78 is 38.5. The van der Waals surface area contributed by atoms with Crippen LogP contribution in [0.4, 0.5) is 10.2 Å². The number of hydrogen-bond acceptors (Lipinski definition) is 15. The molecule has 8 atom stereocenters. The number of aliphatic hydroxyl groups excluding tert-OH is 2. The van der Waals surface area contributed by atoms with Crippen molar-refractivity contribution in [3.05, 3.63) is 113 Å². The number of methoxy groups -OCH3 is 1. The second-order valence-corrected chi connectivity index (χ2v) is 22.9. The smallest absolute Gasteiger partial charge is 0.319 e. The number of aliphatic hydroxyl groups is 2. The summed E-state index contributed by atoms with van der Waals surface area (Å²) in [6.07, 6.45) is 7.14. The van der Waals surface area contributed by atoms with Gasteiger partial charge in [0.2, 0.25) is 11.8 Å². The Labute approximate surface area is 474 Å². The van der Waals surface area contributed by atoms with E-state index in [0.717, 1.165) is 75.9 Å². The van der Waals surface area contributed by atoms with Gasteiger partial charge in [-0.3, -0.25) is 19.4 Å². The topological polar surface area (TPSA) is 236 Å². The lowest BCUT2D eigenvalue weighted by Gasteiger charge is -2.42. The lowest BCUT2D eigenvalue weighted by Crippen LogP contribution is -2.53. The average Bonchev–Trinajstić information content (AvgIpc) is 4.33. The monoisotopic (exact) mass is 1120 g/mol. The number of nitrogens with one attached hydrogen (secondary N) is 3. The number of carbonyl (C=O) groups excluding carboxylic acids is 2. The SMILES string of the molecule is CCn1nccc1-c1ccc([C@H](CO)NC(=O)[C@@H]2C[C@@H](O)CN2C(=O)[C@H](C(C)C)n2cc(-c3ccc(COc4c(-c5c(C)c(F)cc6[nH]ncc56)c(C5CC5)cc5c(N(C)[C@H]6[C@@H]7CN[C@H]6C7)nc(OC[C@H](C)OC)nc45)cc3)nn2)cc1. The third kappa shape index (κ3) is 10.2. The van der Waals surface area contributed by atoms with Gasteiger partial charge in [-0.15, -0.1) is 5.10 Å². The summed E-state index contributed by atoms with van der Waals surface area (Å²) in [5, 5.41) is 50.3. The second kappa shape index (κ2) is 22.5. The van der Waals surface area contributed by atoms with E-state index in [1.54, 1.807) is 32.6 Å². The molecule has 8 aromatic rings. The molecule has 3 aliphatic heterocycles. The fraction of sp³-hybridized carbons (Fsp3) is 0.443. The molecule has 2 aliphatic carbocycles. The fourth-order valence-electron chi connectivity index (χ4n) is 12.5. The maximum atomic E-state index is 16.1. The Bertz CT molecular complexity index is 3640. The normalized spacial score (nSPS) is 20.6. The number of β-amino-alcohol motifs (C(OH)–C–C–N with tert-alkyl or cyclic N) is 1. The van der Waals surface area contributed by atoms with Crippen LogP contribution in [0.3, 0.4) is 0 Å². The summed E-state index contributed by atoms with van der Waals surface area (Å²) in [6.45, 7) is 11.1. The highest BCUT2D eigenvalue weighted by Gasteiger charge is 2.50. The first-order valence-electron chi connectivity index (χ1n) is 28.5. The van der Waals surface area contributed by atoms with Crippen LogP contribution in [0.5, 0.6) is 11.8 Å². The minimum atomic E-state index is -0.987. The van der Waals surface area contributed by atoms with Crippen molar-refractivity contribution in [3.8, 4) is 45.4 Å². The summed E-state index contributed by atoms with van der Waals surface area (Å²) in [5.41, 5.74) is 8.75. The van der Waals surface area contributed by atoms with Crippen molar-refractivity contribution in [1.29, 1.82) is 0 Å². The van der Waals surface area contributed by atoms with Gasteiger partial charge < -0.3 is 44.9 Å². The number of aromatic amines is 1. The maximum Gasteiger partial charge on any atom is 0.319 e. The predicted molar refractivity (Wildman–Crippen MR) is 306 cm³/mol. The molecule has 5 fully saturated rings. The van der Waals surface area contributed by atoms with E-state index in [1.165, 1.54) is 15.6 Å². The molecule has 428 valence electrons. The van der Waals surface area contributed by atoms with Gasteiger partial charge >= 0.3 is 6.01 Å². The number of aromatic nitrogens is 9. The largest absolute Gasteiger partial charge is 0.486 e. The van der Waals surface area contributed by atoms with Crippen LogP contribution < -0.4 is 25.0 Å². The Kier molecular flexibility index (Phi) is 15.0. The van der Waals surface area contributed by atoms with E-state index >= 15 is 4.39 Å². The number of carbonyl (C=O) groups is 2. The summed E-state index contributed by atoms with van der Waals surface area (Å²) in [6, 6.07) is 19.1. The number of benzene rings is 4. The van der Waals surface area contributed by atoms with Gasteiger partial charge in [-0.05, 0) is 104 Å². The highest BCUT2D eigenvalue weighted by Crippen LogP contribution is 2.54. The van der Waals surface area contributed by atoms with E-state index in [1.807, 2.05) is 87.0 Å². The first-order valence-corrected chi connectivity index (χ1v) is 28.5. The molecule has 2 amide bonds. The molecule has 0 radical (unpaired) electrons. The van der Waals surface area contributed by atoms with Gasteiger partial charge in [0.05, 0.1) is 48.5 Å². The predicted octanol–water partition coefficient (Wildman–Crippen LogP) is 7.44. The molecule has 3 saturated heterocycles. The Morgan fingerprint density at radius 2 is 1.76 bits per heavy atom. The molecule has 21 heteroatoms. The van der Waals surface area contributed by atoms with E-state index in [4.69, 9.17) is 24.2 Å². The number of halogens is 1. The number of hydrogen-bond donors (Lipinski definition) is 5. The van der Waals surface area contributed by atoms with Crippen LogP contribution in [0.25, 0.3) is 55.4 Å². The van der Waals surface area contributed by atoms with Gasteiger partial charge in [0.15, 0.2) is 5.75 Å². The van der Waals surface area contributed by atoms with E-state index in [-0.39, 0.29) is 74.5 Å². The molecule has 4 aromatic heterocycles. The fourth-order valence-corrected chi connectivity index (χ4v) is 12.5. The van der Waals surface area contributed by atoms with Gasteiger partial charge in [0, 0.05) is 86.0 Å². The molecule has 2 bridgehead atoms. The van der Waals surface area contributed by atoms with Crippen molar-refractivity contribution in [2.24, 2.45) is 11.8 Å². The minimum Gasteiger partial charge on any atom is -0.486 e. The van der Waals surface area contributed by atoms with Gasteiger partial charge in [0.25, 0.3) is 0 Å². The third-order valence-electron chi connectivity index (χ3n) is 17.2. The van der Waals surface area contributed by atoms with Gasteiger partial charge in [0.1, 0.15) is 48.1 Å². The Hall–Kier alpha value is -7.85.